The van der Waals surface area contributed by atoms with Crippen LogP contribution < -0.4 is 15.4 Å². The van der Waals surface area contributed by atoms with Gasteiger partial charge in [0.2, 0.25) is 0 Å². The summed E-state index contributed by atoms with van der Waals surface area (Å²) in [5.74, 6) is -0.143. The zero-order valence-electron chi connectivity index (χ0n) is 14.5. The van der Waals surface area contributed by atoms with Crippen molar-refractivity contribution in [2.45, 2.75) is 20.1 Å². The van der Waals surface area contributed by atoms with Gasteiger partial charge in [-0.05, 0) is 32.0 Å². The standard InChI is InChI=1S/C17H22ClN3O4/c1-4-24-16(25-5-2)11-20-10-12(9-19)17(22)21-14-8-13(18)6-7-15(14)23-3/h6-8,10,16,20H,4-5,11H2,1-3H3,(H,21,22)/b12-10-. The van der Waals surface area contributed by atoms with Crippen molar-refractivity contribution in [3.8, 4) is 11.8 Å². The number of rotatable bonds is 10. The van der Waals surface area contributed by atoms with E-state index in [0.29, 0.717) is 36.2 Å². The monoisotopic (exact) mass is 367 g/mol. The number of nitrogens with zero attached hydrogens (tertiary/aromatic N) is 1. The molecule has 0 saturated carbocycles. The minimum absolute atomic E-state index is 0.103. The first-order chi connectivity index (χ1) is 12.0. The molecule has 0 bridgehead atoms. The van der Waals surface area contributed by atoms with Gasteiger partial charge in [0.25, 0.3) is 5.91 Å². The molecular weight excluding hydrogens is 346 g/mol. The Hall–Kier alpha value is -2.27. The maximum absolute atomic E-state index is 12.2. The Kier molecular flexibility index (Phi) is 9.40. The Balaban J connectivity index is 2.74. The third-order valence-electron chi connectivity index (χ3n) is 3.01. The fourth-order valence-corrected chi connectivity index (χ4v) is 2.08. The molecule has 0 saturated heterocycles. The van der Waals surface area contributed by atoms with Gasteiger partial charge in [0, 0.05) is 24.4 Å². The molecule has 2 N–H and O–H groups in total. The van der Waals surface area contributed by atoms with Gasteiger partial charge in [-0.1, -0.05) is 11.6 Å². The maximum Gasteiger partial charge on any atom is 0.267 e. The van der Waals surface area contributed by atoms with Gasteiger partial charge >= 0.3 is 0 Å². The highest BCUT2D eigenvalue weighted by molar-refractivity contribution is 6.31. The Morgan fingerprint density at radius 3 is 2.60 bits per heavy atom. The van der Waals surface area contributed by atoms with Crippen LogP contribution in [0, 0.1) is 11.3 Å². The Labute approximate surface area is 152 Å². The summed E-state index contributed by atoms with van der Waals surface area (Å²) in [6.45, 7) is 5.01. The number of carbonyl (C=O) groups is 1. The molecule has 8 heteroatoms. The number of amides is 1. The molecule has 0 aliphatic heterocycles. The van der Waals surface area contributed by atoms with E-state index in [1.807, 2.05) is 19.9 Å². The number of nitriles is 1. The smallest absolute Gasteiger partial charge is 0.267 e. The van der Waals surface area contributed by atoms with Crippen LogP contribution in [0.5, 0.6) is 5.75 Å². The molecule has 1 rings (SSSR count). The molecule has 0 radical (unpaired) electrons. The molecule has 0 heterocycles. The van der Waals surface area contributed by atoms with Gasteiger partial charge in [-0.2, -0.15) is 5.26 Å². The normalized spacial score (nSPS) is 11.1. The van der Waals surface area contributed by atoms with Crippen LogP contribution in [0.1, 0.15) is 13.8 Å². The molecule has 0 spiro atoms. The minimum atomic E-state index is -0.583. The van der Waals surface area contributed by atoms with Crippen LogP contribution in [-0.2, 0) is 14.3 Å². The van der Waals surface area contributed by atoms with Crippen molar-refractivity contribution in [3.05, 3.63) is 35.0 Å². The second-order valence-electron chi connectivity index (χ2n) is 4.72. The molecule has 136 valence electrons. The van der Waals surface area contributed by atoms with Crippen molar-refractivity contribution >= 4 is 23.2 Å². The fraction of sp³-hybridized carbons (Fsp3) is 0.412. The zero-order valence-corrected chi connectivity index (χ0v) is 15.2. The fourth-order valence-electron chi connectivity index (χ4n) is 1.91. The van der Waals surface area contributed by atoms with E-state index < -0.39 is 12.2 Å². The van der Waals surface area contributed by atoms with Crippen LogP contribution in [0.3, 0.4) is 0 Å². The number of hydrogen-bond acceptors (Lipinski definition) is 6. The van der Waals surface area contributed by atoms with Gasteiger partial charge in [-0.15, -0.1) is 0 Å². The van der Waals surface area contributed by atoms with Gasteiger partial charge in [-0.3, -0.25) is 4.79 Å². The molecule has 1 aromatic carbocycles. The van der Waals surface area contributed by atoms with Crippen molar-refractivity contribution in [2.24, 2.45) is 0 Å². The Morgan fingerprint density at radius 1 is 1.36 bits per heavy atom. The van der Waals surface area contributed by atoms with Crippen molar-refractivity contribution in [1.82, 2.24) is 5.32 Å². The number of benzene rings is 1. The molecule has 1 amide bonds. The summed E-state index contributed by atoms with van der Waals surface area (Å²) in [7, 11) is 1.48. The van der Waals surface area contributed by atoms with Gasteiger partial charge < -0.3 is 24.8 Å². The molecule has 0 aliphatic rings. The Bertz CT molecular complexity index is 637. The first kappa shape index (κ1) is 20.8. The average molecular weight is 368 g/mol. The quantitative estimate of drug-likeness (QED) is 0.375. The third-order valence-corrected chi connectivity index (χ3v) is 3.25. The van der Waals surface area contributed by atoms with Gasteiger partial charge in [-0.25, -0.2) is 0 Å². The highest BCUT2D eigenvalue weighted by Crippen LogP contribution is 2.27. The number of methoxy groups -OCH3 is 1. The molecule has 1 aromatic rings. The van der Waals surface area contributed by atoms with Crippen molar-refractivity contribution in [2.75, 3.05) is 32.2 Å². The van der Waals surface area contributed by atoms with Gasteiger partial charge in [0.1, 0.15) is 17.4 Å². The van der Waals surface area contributed by atoms with E-state index in [1.54, 1.807) is 18.2 Å². The molecule has 0 atom stereocenters. The van der Waals surface area contributed by atoms with Crippen molar-refractivity contribution < 1.29 is 19.0 Å². The lowest BCUT2D eigenvalue weighted by atomic mass is 10.2. The summed E-state index contributed by atoms with van der Waals surface area (Å²) >= 11 is 5.92. The highest BCUT2D eigenvalue weighted by Gasteiger charge is 2.13. The number of hydrogen-bond donors (Lipinski definition) is 2. The molecule has 0 unspecified atom stereocenters. The summed E-state index contributed by atoms with van der Waals surface area (Å²) in [5.41, 5.74) is 0.274. The van der Waals surface area contributed by atoms with E-state index >= 15 is 0 Å². The lowest BCUT2D eigenvalue weighted by Crippen LogP contribution is -2.29. The predicted octanol–water partition coefficient (Wildman–Crippen LogP) is 2.68. The van der Waals surface area contributed by atoms with E-state index in [9.17, 15) is 10.1 Å². The first-order valence-corrected chi connectivity index (χ1v) is 8.15. The average Bonchev–Trinajstić information content (AvgIpc) is 2.59. The second kappa shape index (κ2) is 11.3. The zero-order chi connectivity index (χ0) is 18.7. The largest absolute Gasteiger partial charge is 0.495 e. The predicted molar refractivity (Wildman–Crippen MR) is 95.4 cm³/mol. The molecular formula is C17H22ClN3O4. The third kappa shape index (κ3) is 7.01. The van der Waals surface area contributed by atoms with Crippen LogP contribution in [0.15, 0.2) is 30.0 Å². The maximum atomic E-state index is 12.2. The number of ether oxygens (including phenoxy) is 3. The summed E-state index contributed by atoms with van der Waals surface area (Å²) < 4.78 is 15.9. The Morgan fingerprint density at radius 2 is 2.04 bits per heavy atom. The highest BCUT2D eigenvalue weighted by atomic mass is 35.5. The summed E-state index contributed by atoms with van der Waals surface area (Å²) in [5, 5.41) is 15.1. The van der Waals surface area contributed by atoms with E-state index in [1.165, 1.54) is 13.3 Å². The minimum Gasteiger partial charge on any atom is -0.495 e. The van der Waals surface area contributed by atoms with E-state index in [-0.39, 0.29) is 5.57 Å². The SMILES string of the molecule is CCOC(CN/C=C(/C#N)C(=O)Nc1cc(Cl)ccc1OC)OCC. The summed E-state index contributed by atoms with van der Waals surface area (Å²) in [6, 6.07) is 6.65. The number of carbonyl (C=O) groups excluding carboxylic acids is 1. The van der Waals surface area contributed by atoms with Crippen molar-refractivity contribution in [1.29, 1.82) is 5.26 Å². The summed E-state index contributed by atoms with van der Waals surface area (Å²) in [6.07, 6.45) is 0.861. The van der Waals surface area contributed by atoms with E-state index in [0.717, 1.165) is 0 Å². The van der Waals surface area contributed by atoms with Crippen LogP contribution in [0.4, 0.5) is 5.69 Å². The van der Waals surface area contributed by atoms with Crippen LogP contribution in [0.2, 0.25) is 5.02 Å². The number of nitrogens with one attached hydrogen (secondary N) is 2. The second-order valence-corrected chi connectivity index (χ2v) is 5.15. The van der Waals surface area contributed by atoms with E-state index in [4.69, 9.17) is 25.8 Å². The summed E-state index contributed by atoms with van der Waals surface area (Å²) in [4.78, 5) is 12.2. The van der Waals surface area contributed by atoms with Crippen molar-refractivity contribution in [3.63, 3.8) is 0 Å². The lowest BCUT2D eigenvalue weighted by molar-refractivity contribution is -0.131. The molecule has 0 aromatic heterocycles. The van der Waals surface area contributed by atoms with Crippen LogP contribution in [0.25, 0.3) is 0 Å². The van der Waals surface area contributed by atoms with Gasteiger partial charge in [0.15, 0.2) is 6.29 Å². The van der Waals surface area contributed by atoms with Crippen LogP contribution >= 0.6 is 11.6 Å². The number of anilines is 1. The molecule has 0 aliphatic carbocycles. The molecule has 25 heavy (non-hydrogen) atoms. The topological polar surface area (TPSA) is 92.6 Å². The first-order valence-electron chi connectivity index (χ1n) is 7.77. The molecule has 0 fully saturated rings. The van der Waals surface area contributed by atoms with Crippen LogP contribution in [-0.4, -0.2) is 39.1 Å². The lowest BCUT2D eigenvalue weighted by Gasteiger charge is -2.16. The van der Waals surface area contributed by atoms with E-state index in [2.05, 4.69) is 10.6 Å². The molecule has 7 nitrogen and oxygen atoms in total. The number of halogens is 1. The van der Waals surface area contributed by atoms with Gasteiger partial charge in [0.05, 0.1) is 19.3 Å².